The molecule has 0 saturated carbocycles. The molecule has 3 rings (SSSR count). The summed E-state index contributed by atoms with van der Waals surface area (Å²) in [6, 6.07) is 0. The Morgan fingerprint density at radius 1 is 1.61 bits per heavy atom. The number of ether oxygens (including phenoxy) is 2. The van der Waals surface area contributed by atoms with E-state index in [4.69, 9.17) is 9.47 Å². The summed E-state index contributed by atoms with van der Waals surface area (Å²) < 4.78 is 11.7. The second-order valence-corrected chi connectivity index (χ2v) is 5.92. The lowest BCUT2D eigenvalue weighted by molar-refractivity contribution is -0.143. The van der Waals surface area contributed by atoms with E-state index in [9.17, 15) is 0 Å². The fourth-order valence-electron chi connectivity index (χ4n) is 3.15. The highest BCUT2D eigenvalue weighted by atomic mass is 32.1. The van der Waals surface area contributed by atoms with E-state index in [1.165, 1.54) is 6.42 Å². The molecule has 0 unspecified atom stereocenters. The Kier molecular flexibility index (Phi) is 3.66. The minimum absolute atomic E-state index is 0.00662. The number of hydrogen-bond donors (Lipinski definition) is 0. The molecular weight excluding hydrogens is 248 g/mol. The third kappa shape index (κ3) is 2.32. The molecule has 0 amide bonds. The Morgan fingerprint density at radius 3 is 3.22 bits per heavy atom. The van der Waals surface area contributed by atoms with Gasteiger partial charge in [-0.2, -0.15) is 0 Å². The Labute approximate surface area is 112 Å². The first-order valence-corrected chi connectivity index (χ1v) is 7.53. The van der Waals surface area contributed by atoms with Crippen LogP contribution in [0.5, 0.6) is 0 Å². The van der Waals surface area contributed by atoms with Crippen molar-refractivity contribution in [2.75, 3.05) is 26.8 Å². The van der Waals surface area contributed by atoms with Crippen LogP contribution in [-0.4, -0.2) is 48.4 Å². The van der Waals surface area contributed by atoms with E-state index in [0.29, 0.717) is 0 Å². The zero-order chi connectivity index (χ0) is 12.4. The molecule has 2 saturated heterocycles. The van der Waals surface area contributed by atoms with Crippen LogP contribution in [0.25, 0.3) is 0 Å². The van der Waals surface area contributed by atoms with Crippen LogP contribution in [-0.2, 0) is 16.0 Å². The van der Waals surface area contributed by atoms with Gasteiger partial charge in [0.1, 0.15) is 0 Å². The van der Waals surface area contributed by atoms with Gasteiger partial charge in [0.25, 0.3) is 0 Å². The highest BCUT2D eigenvalue weighted by Crippen LogP contribution is 2.37. The van der Waals surface area contributed by atoms with E-state index in [1.54, 1.807) is 18.4 Å². The molecule has 0 radical (unpaired) electrons. The van der Waals surface area contributed by atoms with Crippen molar-refractivity contribution in [1.82, 2.24) is 9.88 Å². The van der Waals surface area contributed by atoms with Crippen molar-refractivity contribution in [1.29, 1.82) is 0 Å². The summed E-state index contributed by atoms with van der Waals surface area (Å²) in [5, 5.41) is 2.12. The fourth-order valence-corrected chi connectivity index (χ4v) is 3.70. The largest absolute Gasteiger partial charge is 0.377 e. The molecule has 1 aromatic heterocycles. The van der Waals surface area contributed by atoms with Gasteiger partial charge in [-0.15, -0.1) is 11.3 Å². The topological polar surface area (TPSA) is 34.6 Å². The third-order valence-electron chi connectivity index (χ3n) is 4.15. The molecule has 2 aliphatic rings. The molecule has 1 spiro atoms. The van der Waals surface area contributed by atoms with Gasteiger partial charge in [0.05, 0.1) is 22.9 Å². The van der Waals surface area contributed by atoms with Crippen molar-refractivity contribution in [2.24, 2.45) is 0 Å². The first-order valence-electron chi connectivity index (χ1n) is 6.58. The van der Waals surface area contributed by atoms with Crippen molar-refractivity contribution in [3.8, 4) is 0 Å². The van der Waals surface area contributed by atoms with Crippen molar-refractivity contribution < 1.29 is 9.47 Å². The number of piperidine rings is 1. The molecule has 4 nitrogen and oxygen atoms in total. The first kappa shape index (κ1) is 12.5. The van der Waals surface area contributed by atoms with Crippen LogP contribution >= 0.6 is 11.3 Å². The second kappa shape index (κ2) is 5.25. The van der Waals surface area contributed by atoms with Crippen LogP contribution in [0.15, 0.2) is 10.9 Å². The molecule has 3 heterocycles. The van der Waals surface area contributed by atoms with Crippen LogP contribution in [0.3, 0.4) is 0 Å². The van der Waals surface area contributed by atoms with Gasteiger partial charge in [0.2, 0.25) is 0 Å². The Hall–Kier alpha value is -0.490. The van der Waals surface area contributed by atoms with E-state index < -0.39 is 0 Å². The summed E-state index contributed by atoms with van der Waals surface area (Å²) in [5.74, 6) is 0. The lowest BCUT2D eigenvalue weighted by Gasteiger charge is -2.44. The summed E-state index contributed by atoms with van der Waals surface area (Å²) in [6.45, 7) is 3.86. The maximum Gasteiger partial charge on any atom is 0.0987 e. The van der Waals surface area contributed by atoms with Gasteiger partial charge in [0.15, 0.2) is 0 Å². The molecule has 2 fully saturated rings. The Balaban J connectivity index is 1.64. The Morgan fingerprint density at radius 2 is 2.56 bits per heavy atom. The van der Waals surface area contributed by atoms with Crippen molar-refractivity contribution in [3.05, 3.63) is 16.6 Å². The van der Waals surface area contributed by atoms with Crippen LogP contribution in [0.4, 0.5) is 0 Å². The summed E-state index contributed by atoms with van der Waals surface area (Å²) in [7, 11) is 1.81. The predicted octanol–water partition coefficient (Wildman–Crippen LogP) is 1.91. The van der Waals surface area contributed by atoms with Gasteiger partial charge in [-0.05, 0) is 19.3 Å². The second-order valence-electron chi connectivity index (χ2n) is 5.21. The summed E-state index contributed by atoms with van der Waals surface area (Å²) in [4.78, 5) is 6.78. The number of likely N-dealkylation sites (tertiary alicyclic amines) is 1. The molecule has 0 N–H and O–H groups in total. The Bertz CT molecular complexity index is 376. The number of rotatable bonds is 3. The lowest BCUT2D eigenvalue weighted by Crippen LogP contribution is -2.55. The van der Waals surface area contributed by atoms with E-state index in [0.717, 1.165) is 44.8 Å². The smallest absolute Gasteiger partial charge is 0.0987 e. The van der Waals surface area contributed by atoms with Gasteiger partial charge in [0, 0.05) is 38.7 Å². The van der Waals surface area contributed by atoms with Crippen LogP contribution in [0.1, 0.15) is 25.0 Å². The third-order valence-corrected chi connectivity index (χ3v) is 4.78. The molecule has 1 aromatic rings. The molecule has 100 valence electrons. The van der Waals surface area contributed by atoms with Gasteiger partial charge < -0.3 is 9.47 Å². The number of nitrogens with zero attached hydrogens (tertiary/aromatic N) is 2. The van der Waals surface area contributed by atoms with Crippen LogP contribution in [0, 0.1) is 0 Å². The van der Waals surface area contributed by atoms with Gasteiger partial charge in [-0.3, -0.25) is 4.90 Å². The summed E-state index contributed by atoms with van der Waals surface area (Å²) in [5.41, 5.74) is 3.06. The maximum atomic E-state index is 6.00. The number of aromatic nitrogens is 1. The quantitative estimate of drug-likeness (QED) is 0.839. The minimum atomic E-state index is -0.00662. The fraction of sp³-hybridized carbons (Fsp3) is 0.769. The molecule has 0 aromatic carbocycles. The highest BCUT2D eigenvalue weighted by molar-refractivity contribution is 7.07. The molecule has 2 aliphatic heterocycles. The highest BCUT2D eigenvalue weighted by Gasteiger charge is 2.46. The van der Waals surface area contributed by atoms with Gasteiger partial charge in [-0.25, -0.2) is 4.98 Å². The first-order chi connectivity index (χ1) is 8.82. The summed E-state index contributed by atoms with van der Waals surface area (Å²) in [6.07, 6.45) is 3.60. The normalized spacial score (nSPS) is 33.3. The standard InChI is InChI=1S/C13H20N2O2S/c1-16-12-8-15(7-11-9-18-10-14-11)5-4-13(12)3-2-6-17-13/h9-10,12H,2-8H2,1H3/t12-,13-/m0/s1. The van der Waals surface area contributed by atoms with Crippen molar-refractivity contribution >= 4 is 11.3 Å². The monoisotopic (exact) mass is 268 g/mol. The minimum Gasteiger partial charge on any atom is -0.377 e. The average Bonchev–Trinajstić information content (AvgIpc) is 3.04. The number of hydrogen-bond acceptors (Lipinski definition) is 5. The van der Waals surface area contributed by atoms with Crippen LogP contribution < -0.4 is 0 Å². The maximum absolute atomic E-state index is 6.00. The van der Waals surface area contributed by atoms with E-state index >= 15 is 0 Å². The van der Waals surface area contributed by atoms with Crippen molar-refractivity contribution in [2.45, 2.75) is 37.5 Å². The van der Waals surface area contributed by atoms with Crippen molar-refractivity contribution in [3.63, 3.8) is 0 Å². The summed E-state index contributed by atoms with van der Waals surface area (Å²) >= 11 is 1.66. The van der Waals surface area contributed by atoms with E-state index in [1.807, 2.05) is 5.51 Å². The molecule has 0 aliphatic carbocycles. The average molecular weight is 268 g/mol. The van der Waals surface area contributed by atoms with E-state index in [2.05, 4.69) is 15.3 Å². The molecule has 5 heteroatoms. The van der Waals surface area contributed by atoms with Gasteiger partial charge >= 0.3 is 0 Å². The van der Waals surface area contributed by atoms with Gasteiger partial charge in [-0.1, -0.05) is 0 Å². The number of methoxy groups -OCH3 is 1. The zero-order valence-corrected chi connectivity index (χ0v) is 11.6. The van der Waals surface area contributed by atoms with E-state index in [-0.39, 0.29) is 11.7 Å². The molecule has 0 bridgehead atoms. The predicted molar refractivity (Wildman–Crippen MR) is 70.7 cm³/mol. The molecular formula is C13H20N2O2S. The van der Waals surface area contributed by atoms with Crippen LogP contribution in [0.2, 0.25) is 0 Å². The molecule has 2 atom stereocenters. The number of thiazole rings is 1. The SMILES string of the molecule is CO[C@H]1CN(Cc2cscn2)CC[C@@]12CCCO2. The lowest BCUT2D eigenvalue weighted by atomic mass is 9.86. The molecule has 18 heavy (non-hydrogen) atoms. The zero-order valence-electron chi connectivity index (χ0n) is 10.8.